The standard InChI is InChI=1S/C18H21N5O2/c1-10(2)15-19-18(22-21-15)20-16(24)14-9-23(11(3)4)17(25)13-8-6-5-7-12(13)14/h5-11H,1-4H3,(H2,19,20,21,22,24). The molecule has 1 aromatic carbocycles. The number of H-pyrrole nitrogens is 1. The van der Waals surface area contributed by atoms with E-state index in [9.17, 15) is 9.59 Å². The molecule has 0 radical (unpaired) electrons. The molecule has 0 aliphatic rings. The van der Waals surface area contributed by atoms with E-state index >= 15 is 0 Å². The summed E-state index contributed by atoms with van der Waals surface area (Å²) >= 11 is 0. The van der Waals surface area contributed by atoms with Crippen molar-refractivity contribution >= 4 is 22.6 Å². The van der Waals surface area contributed by atoms with Crippen molar-refractivity contribution in [2.24, 2.45) is 0 Å². The first-order valence-electron chi connectivity index (χ1n) is 8.26. The van der Waals surface area contributed by atoms with Crippen LogP contribution >= 0.6 is 0 Å². The number of fused-ring (bicyclic) bond motifs is 1. The Morgan fingerprint density at radius 1 is 1.16 bits per heavy atom. The molecule has 0 aliphatic heterocycles. The Kier molecular flexibility index (Phi) is 4.39. The van der Waals surface area contributed by atoms with E-state index in [0.29, 0.717) is 22.2 Å². The molecule has 2 heterocycles. The number of pyridine rings is 1. The summed E-state index contributed by atoms with van der Waals surface area (Å²) in [7, 11) is 0. The van der Waals surface area contributed by atoms with Gasteiger partial charge in [-0.2, -0.15) is 4.98 Å². The number of aromatic amines is 1. The topological polar surface area (TPSA) is 92.7 Å². The lowest BCUT2D eigenvalue weighted by molar-refractivity contribution is 0.102. The fourth-order valence-electron chi connectivity index (χ4n) is 2.63. The maximum absolute atomic E-state index is 12.8. The molecule has 0 unspecified atom stereocenters. The van der Waals surface area contributed by atoms with E-state index in [-0.39, 0.29) is 29.4 Å². The highest BCUT2D eigenvalue weighted by Crippen LogP contribution is 2.18. The van der Waals surface area contributed by atoms with Crippen LogP contribution in [0.4, 0.5) is 5.95 Å². The molecule has 0 atom stereocenters. The predicted molar refractivity (Wildman–Crippen MR) is 97.0 cm³/mol. The summed E-state index contributed by atoms with van der Waals surface area (Å²) in [5.74, 6) is 0.758. The van der Waals surface area contributed by atoms with Gasteiger partial charge in [-0.05, 0) is 19.9 Å². The summed E-state index contributed by atoms with van der Waals surface area (Å²) in [5.41, 5.74) is 0.307. The third kappa shape index (κ3) is 3.17. The molecule has 0 saturated heterocycles. The smallest absolute Gasteiger partial charge is 0.260 e. The van der Waals surface area contributed by atoms with Crippen molar-refractivity contribution < 1.29 is 4.79 Å². The van der Waals surface area contributed by atoms with Crippen molar-refractivity contribution in [1.82, 2.24) is 19.7 Å². The number of carbonyl (C=O) groups excluding carboxylic acids is 1. The highest BCUT2D eigenvalue weighted by Gasteiger charge is 2.17. The second-order valence-corrected chi connectivity index (χ2v) is 6.55. The van der Waals surface area contributed by atoms with E-state index in [1.54, 1.807) is 29.0 Å². The summed E-state index contributed by atoms with van der Waals surface area (Å²) in [6.07, 6.45) is 1.60. The van der Waals surface area contributed by atoms with Crippen LogP contribution in [-0.2, 0) is 0 Å². The molecule has 3 aromatic rings. The highest BCUT2D eigenvalue weighted by molar-refractivity contribution is 6.12. The zero-order valence-corrected chi connectivity index (χ0v) is 14.7. The molecule has 3 rings (SSSR count). The molecule has 25 heavy (non-hydrogen) atoms. The van der Waals surface area contributed by atoms with Gasteiger partial charge in [-0.3, -0.25) is 20.0 Å². The zero-order chi connectivity index (χ0) is 18.1. The van der Waals surface area contributed by atoms with Gasteiger partial charge in [0, 0.05) is 28.9 Å². The monoisotopic (exact) mass is 339 g/mol. The molecule has 0 aliphatic carbocycles. The van der Waals surface area contributed by atoms with E-state index < -0.39 is 0 Å². The lowest BCUT2D eigenvalue weighted by atomic mass is 10.1. The molecule has 7 heteroatoms. The molecular weight excluding hydrogens is 318 g/mol. The van der Waals surface area contributed by atoms with Crippen LogP contribution in [0.1, 0.15) is 55.8 Å². The number of benzene rings is 1. The van der Waals surface area contributed by atoms with Gasteiger partial charge in [-0.25, -0.2) is 0 Å². The molecule has 2 aromatic heterocycles. The summed E-state index contributed by atoms with van der Waals surface area (Å²) in [5, 5.41) is 10.7. The van der Waals surface area contributed by atoms with Crippen molar-refractivity contribution in [3.05, 3.63) is 52.2 Å². The molecule has 0 spiro atoms. The molecule has 2 N–H and O–H groups in total. The minimum absolute atomic E-state index is 0.0558. The van der Waals surface area contributed by atoms with Crippen LogP contribution in [0.3, 0.4) is 0 Å². The van der Waals surface area contributed by atoms with Gasteiger partial charge < -0.3 is 4.57 Å². The van der Waals surface area contributed by atoms with Crippen LogP contribution in [0, 0.1) is 0 Å². The average Bonchev–Trinajstić information content (AvgIpc) is 3.03. The van der Waals surface area contributed by atoms with Gasteiger partial charge >= 0.3 is 0 Å². The Labute approximate surface area is 145 Å². The average molecular weight is 339 g/mol. The fourth-order valence-corrected chi connectivity index (χ4v) is 2.63. The van der Waals surface area contributed by atoms with Crippen molar-refractivity contribution in [2.75, 3.05) is 5.32 Å². The first-order chi connectivity index (χ1) is 11.9. The summed E-state index contributed by atoms with van der Waals surface area (Å²) in [6, 6.07) is 7.05. The molecule has 0 saturated carbocycles. The lowest BCUT2D eigenvalue weighted by Gasteiger charge is -2.14. The van der Waals surface area contributed by atoms with Crippen LogP contribution in [0.2, 0.25) is 0 Å². The number of hydrogen-bond donors (Lipinski definition) is 2. The maximum atomic E-state index is 12.8. The number of anilines is 1. The second-order valence-electron chi connectivity index (χ2n) is 6.55. The van der Waals surface area contributed by atoms with Gasteiger partial charge in [0.15, 0.2) is 0 Å². The minimum atomic E-state index is -0.347. The number of nitrogens with one attached hydrogen (secondary N) is 2. The molecular formula is C18H21N5O2. The largest absolute Gasteiger partial charge is 0.312 e. The van der Waals surface area contributed by atoms with E-state index in [1.165, 1.54) is 0 Å². The molecule has 0 bridgehead atoms. The molecule has 130 valence electrons. The zero-order valence-electron chi connectivity index (χ0n) is 14.7. The Hall–Kier alpha value is -2.96. The van der Waals surface area contributed by atoms with Gasteiger partial charge in [0.2, 0.25) is 5.95 Å². The van der Waals surface area contributed by atoms with E-state index in [0.717, 1.165) is 0 Å². The van der Waals surface area contributed by atoms with Gasteiger partial charge in [0.25, 0.3) is 11.5 Å². The minimum Gasteiger partial charge on any atom is -0.312 e. The third-order valence-corrected chi connectivity index (χ3v) is 4.03. The highest BCUT2D eigenvalue weighted by atomic mass is 16.2. The van der Waals surface area contributed by atoms with Crippen LogP contribution in [0.5, 0.6) is 0 Å². The number of nitrogens with zero attached hydrogens (tertiary/aromatic N) is 3. The summed E-state index contributed by atoms with van der Waals surface area (Å²) < 4.78 is 1.56. The maximum Gasteiger partial charge on any atom is 0.260 e. The van der Waals surface area contributed by atoms with Gasteiger partial charge in [0.1, 0.15) is 5.82 Å². The Bertz CT molecular complexity index is 985. The number of hydrogen-bond acceptors (Lipinski definition) is 4. The number of rotatable bonds is 4. The van der Waals surface area contributed by atoms with E-state index in [2.05, 4.69) is 20.5 Å². The third-order valence-electron chi connectivity index (χ3n) is 4.03. The van der Waals surface area contributed by atoms with Crippen LogP contribution in [-0.4, -0.2) is 25.7 Å². The second kappa shape index (κ2) is 6.51. The molecule has 0 fully saturated rings. The van der Waals surface area contributed by atoms with Crippen molar-refractivity contribution in [3.63, 3.8) is 0 Å². The summed E-state index contributed by atoms with van der Waals surface area (Å²) in [6.45, 7) is 7.78. The fraction of sp³-hybridized carbons (Fsp3) is 0.333. The van der Waals surface area contributed by atoms with Crippen LogP contribution in [0.25, 0.3) is 10.8 Å². The SMILES string of the molecule is CC(C)c1nc(NC(=O)c2cn(C(C)C)c(=O)c3ccccc23)n[nH]1. The van der Waals surface area contributed by atoms with Gasteiger partial charge in [0.05, 0.1) is 5.56 Å². The van der Waals surface area contributed by atoms with E-state index in [1.807, 2.05) is 33.8 Å². The normalized spacial score (nSPS) is 11.4. The van der Waals surface area contributed by atoms with E-state index in [4.69, 9.17) is 0 Å². The summed E-state index contributed by atoms with van der Waals surface area (Å²) in [4.78, 5) is 29.6. The Morgan fingerprint density at radius 3 is 2.44 bits per heavy atom. The van der Waals surface area contributed by atoms with Crippen LogP contribution in [0.15, 0.2) is 35.3 Å². The number of amides is 1. The lowest BCUT2D eigenvalue weighted by Crippen LogP contribution is -2.25. The quantitative estimate of drug-likeness (QED) is 0.764. The van der Waals surface area contributed by atoms with Gasteiger partial charge in [-0.15, -0.1) is 5.10 Å². The van der Waals surface area contributed by atoms with Gasteiger partial charge in [-0.1, -0.05) is 32.0 Å². The Morgan fingerprint density at radius 2 is 1.84 bits per heavy atom. The molecule has 1 amide bonds. The number of aromatic nitrogens is 4. The van der Waals surface area contributed by atoms with Crippen molar-refractivity contribution in [3.8, 4) is 0 Å². The number of carbonyl (C=O) groups is 1. The predicted octanol–water partition coefficient (Wildman–Crippen LogP) is 3.08. The van der Waals surface area contributed by atoms with Crippen molar-refractivity contribution in [2.45, 2.75) is 39.7 Å². The first-order valence-corrected chi connectivity index (χ1v) is 8.26. The first kappa shape index (κ1) is 16.9. The van der Waals surface area contributed by atoms with Crippen molar-refractivity contribution in [1.29, 1.82) is 0 Å². The van der Waals surface area contributed by atoms with Crippen LogP contribution < -0.4 is 10.9 Å². The Balaban J connectivity index is 2.06. The molecule has 7 nitrogen and oxygen atoms in total.